The van der Waals surface area contributed by atoms with Gasteiger partial charge in [0.15, 0.2) is 0 Å². The molecule has 0 aliphatic carbocycles. The summed E-state index contributed by atoms with van der Waals surface area (Å²) in [6, 6.07) is 20.7. The minimum absolute atomic E-state index is 0.190. The molecule has 4 N–H and O–H groups in total. The van der Waals surface area contributed by atoms with E-state index in [1.165, 1.54) is 46.5 Å². The van der Waals surface area contributed by atoms with Crippen molar-refractivity contribution in [3.8, 4) is 0 Å². The molecule has 0 fully saturated rings. The predicted molar refractivity (Wildman–Crippen MR) is 117 cm³/mol. The Balaban J connectivity index is 1.46. The Hall–Kier alpha value is -2.93. The van der Waals surface area contributed by atoms with E-state index < -0.39 is 13.1 Å². The minimum atomic E-state index is -1.55. The number of carbonyl (C=O) groups is 1. The maximum atomic E-state index is 12.1. The molecular weight excluding hydrogens is 377 g/mol. The molecule has 0 saturated heterocycles. The van der Waals surface area contributed by atoms with Crippen LogP contribution in [0.25, 0.3) is 0 Å². The van der Waals surface area contributed by atoms with Crippen LogP contribution in [-0.2, 0) is 24.4 Å². The van der Waals surface area contributed by atoms with Gasteiger partial charge in [-0.25, -0.2) is 4.79 Å². The van der Waals surface area contributed by atoms with Gasteiger partial charge in [-0.05, 0) is 37.0 Å². The van der Waals surface area contributed by atoms with Crippen LogP contribution in [0.5, 0.6) is 0 Å². The van der Waals surface area contributed by atoms with E-state index in [0.717, 1.165) is 18.7 Å². The SMILES string of the molecule is Cc1cc(C)cc(C[NH2+]Cc2ccc(COC(=O)c3ccc(B(O)O)cc3)cc2)c1. The summed E-state index contributed by atoms with van der Waals surface area (Å²) in [7, 11) is -1.55. The van der Waals surface area contributed by atoms with Gasteiger partial charge in [0, 0.05) is 11.1 Å². The van der Waals surface area contributed by atoms with Crippen LogP contribution in [0.2, 0.25) is 0 Å². The van der Waals surface area contributed by atoms with Gasteiger partial charge >= 0.3 is 13.1 Å². The fourth-order valence-corrected chi connectivity index (χ4v) is 3.39. The average molecular weight is 404 g/mol. The van der Waals surface area contributed by atoms with E-state index in [0.29, 0.717) is 11.0 Å². The van der Waals surface area contributed by atoms with E-state index in [1.807, 2.05) is 12.1 Å². The van der Waals surface area contributed by atoms with E-state index in [4.69, 9.17) is 14.8 Å². The van der Waals surface area contributed by atoms with E-state index in [9.17, 15) is 4.79 Å². The van der Waals surface area contributed by atoms with Crippen LogP contribution in [0, 0.1) is 13.8 Å². The van der Waals surface area contributed by atoms with Crippen molar-refractivity contribution in [1.29, 1.82) is 0 Å². The number of nitrogens with two attached hydrogens (primary N) is 1. The first-order chi connectivity index (χ1) is 14.4. The fraction of sp³-hybridized carbons (Fsp3) is 0.208. The summed E-state index contributed by atoms with van der Waals surface area (Å²) in [6.07, 6.45) is 0. The summed E-state index contributed by atoms with van der Waals surface area (Å²) in [6.45, 7) is 6.26. The first-order valence-corrected chi connectivity index (χ1v) is 10.0. The van der Waals surface area contributed by atoms with Gasteiger partial charge in [0.2, 0.25) is 0 Å². The Labute approximate surface area is 177 Å². The summed E-state index contributed by atoms with van der Waals surface area (Å²) < 4.78 is 5.34. The minimum Gasteiger partial charge on any atom is -0.457 e. The number of rotatable bonds is 8. The summed E-state index contributed by atoms with van der Waals surface area (Å²) >= 11 is 0. The molecule has 5 nitrogen and oxygen atoms in total. The third kappa shape index (κ3) is 6.29. The number of ether oxygens (including phenoxy) is 1. The first-order valence-electron chi connectivity index (χ1n) is 10.0. The van der Waals surface area contributed by atoms with Crippen LogP contribution >= 0.6 is 0 Å². The number of aryl methyl sites for hydroxylation is 2. The number of quaternary nitrogens is 1. The van der Waals surface area contributed by atoms with Gasteiger partial charge in [0.25, 0.3) is 0 Å². The number of hydrogen-bond donors (Lipinski definition) is 3. The lowest BCUT2D eigenvalue weighted by molar-refractivity contribution is -0.686. The molecule has 0 radical (unpaired) electrons. The second kappa shape index (κ2) is 10.2. The lowest BCUT2D eigenvalue weighted by Gasteiger charge is -2.08. The number of benzene rings is 3. The Morgan fingerprint density at radius 2 is 1.40 bits per heavy atom. The molecule has 0 spiro atoms. The number of esters is 1. The van der Waals surface area contributed by atoms with E-state index in [1.54, 1.807) is 0 Å². The standard InChI is InChI=1S/C24H26BNO4/c1-17-11-18(2)13-21(12-17)15-26-14-19-3-5-20(6-4-19)16-30-24(27)22-7-9-23(10-8-22)25(28)29/h3-13,26,28-29H,14-16H2,1-2H3/p+1. The molecule has 0 unspecified atom stereocenters. The molecule has 30 heavy (non-hydrogen) atoms. The van der Waals surface area contributed by atoms with Crippen molar-refractivity contribution < 1.29 is 24.9 Å². The number of hydrogen-bond acceptors (Lipinski definition) is 4. The zero-order valence-electron chi connectivity index (χ0n) is 17.3. The zero-order valence-corrected chi connectivity index (χ0v) is 17.3. The Kier molecular flexibility index (Phi) is 7.41. The average Bonchev–Trinajstić information content (AvgIpc) is 2.72. The van der Waals surface area contributed by atoms with E-state index >= 15 is 0 Å². The predicted octanol–water partition coefficient (Wildman–Crippen LogP) is 1.60. The maximum Gasteiger partial charge on any atom is 0.488 e. The fourth-order valence-electron chi connectivity index (χ4n) is 3.39. The molecule has 0 aromatic heterocycles. The zero-order chi connectivity index (χ0) is 21.5. The molecule has 0 bridgehead atoms. The maximum absolute atomic E-state index is 12.1. The van der Waals surface area contributed by atoms with Crippen molar-refractivity contribution in [1.82, 2.24) is 0 Å². The molecule has 3 rings (SSSR count). The lowest BCUT2D eigenvalue weighted by atomic mass is 9.80. The summed E-state index contributed by atoms with van der Waals surface area (Å²) in [5.74, 6) is -0.445. The number of carbonyl (C=O) groups excluding carboxylic acids is 1. The van der Waals surface area contributed by atoms with Crippen LogP contribution in [0.4, 0.5) is 0 Å². The van der Waals surface area contributed by atoms with Crippen molar-refractivity contribution in [2.24, 2.45) is 0 Å². The topological polar surface area (TPSA) is 83.4 Å². The van der Waals surface area contributed by atoms with Gasteiger partial charge in [0.1, 0.15) is 19.7 Å². The molecule has 6 heteroatoms. The summed E-state index contributed by atoms with van der Waals surface area (Å²) in [5, 5.41) is 20.5. The van der Waals surface area contributed by atoms with Crippen molar-refractivity contribution in [3.05, 3.63) is 100 Å². The van der Waals surface area contributed by atoms with Crippen molar-refractivity contribution in [2.45, 2.75) is 33.5 Å². The Bertz CT molecular complexity index is 965. The highest BCUT2D eigenvalue weighted by molar-refractivity contribution is 6.58. The molecule has 0 saturated carbocycles. The highest BCUT2D eigenvalue weighted by Crippen LogP contribution is 2.09. The molecular formula is C24H27BNO4+. The molecule has 0 amide bonds. The van der Waals surface area contributed by atoms with Gasteiger partial charge in [-0.1, -0.05) is 65.7 Å². The van der Waals surface area contributed by atoms with Crippen LogP contribution in [0.15, 0.2) is 66.7 Å². The van der Waals surface area contributed by atoms with Crippen LogP contribution in [0.1, 0.15) is 38.2 Å². The largest absolute Gasteiger partial charge is 0.488 e. The quantitative estimate of drug-likeness (QED) is 0.394. The van der Waals surface area contributed by atoms with Gasteiger partial charge in [-0.2, -0.15) is 0 Å². The van der Waals surface area contributed by atoms with Crippen molar-refractivity contribution in [3.63, 3.8) is 0 Å². The normalized spacial score (nSPS) is 10.7. The molecule has 0 heterocycles. The smallest absolute Gasteiger partial charge is 0.457 e. The monoisotopic (exact) mass is 404 g/mol. The van der Waals surface area contributed by atoms with Gasteiger partial charge in [-0.3, -0.25) is 0 Å². The molecule has 0 aliphatic rings. The third-order valence-corrected chi connectivity index (χ3v) is 4.88. The van der Waals surface area contributed by atoms with E-state index in [-0.39, 0.29) is 6.61 Å². The highest BCUT2D eigenvalue weighted by Gasteiger charge is 2.13. The van der Waals surface area contributed by atoms with Gasteiger partial charge in [-0.15, -0.1) is 0 Å². The summed E-state index contributed by atoms with van der Waals surface area (Å²) in [5.41, 5.74) is 6.75. The van der Waals surface area contributed by atoms with E-state index in [2.05, 4.69) is 49.5 Å². The first kappa shape index (κ1) is 21.8. The van der Waals surface area contributed by atoms with Crippen molar-refractivity contribution in [2.75, 3.05) is 0 Å². The third-order valence-electron chi connectivity index (χ3n) is 4.88. The molecule has 3 aromatic rings. The van der Waals surface area contributed by atoms with Crippen molar-refractivity contribution >= 4 is 18.6 Å². The Morgan fingerprint density at radius 3 is 2.00 bits per heavy atom. The molecule has 0 atom stereocenters. The molecule has 0 aliphatic heterocycles. The van der Waals surface area contributed by atoms with Gasteiger partial charge < -0.3 is 20.1 Å². The highest BCUT2D eigenvalue weighted by atomic mass is 16.5. The van der Waals surface area contributed by atoms with Crippen LogP contribution in [0.3, 0.4) is 0 Å². The van der Waals surface area contributed by atoms with Crippen LogP contribution in [-0.4, -0.2) is 23.1 Å². The van der Waals surface area contributed by atoms with Crippen LogP contribution < -0.4 is 10.8 Å². The summed E-state index contributed by atoms with van der Waals surface area (Å²) in [4.78, 5) is 12.1. The second-order valence-electron chi connectivity index (χ2n) is 7.58. The molecule has 3 aromatic carbocycles. The second-order valence-corrected chi connectivity index (χ2v) is 7.58. The molecule has 154 valence electrons. The Morgan fingerprint density at radius 1 is 0.833 bits per heavy atom. The van der Waals surface area contributed by atoms with Gasteiger partial charge in [0.05, 0.1) is 5.56 Å². The lowest BCUT2D eigenvalue weighted by Crippen LogP contribution is -2.80.